The third-order valence-electron chi connectivity index (χ3n) is 11.7. The highest BCUT2D eigenvalue weighted by Gasteiger charge is 2.22. The summed E-state index contributed by atoms with van der Waals surface area (Å²) in [6, 6.07) is 76.2. The third-order valence-corrected chi connectivity index (χ3v) is 11.7. The largest absolute Gasteiger partial charge is 0.456 e. The molecular weight excluding hydrogens is 707 g/mol. The molecule has 272 valence electrons. The van der Waals surface area contributed by atoms with Crippen LogP contribution in [0.2, 0.25) is 0 Å². The second-order valence-corrected chi connectivity index (χ2v) is 14.9. The van der Waals surface area contributed by atoms with Gasteiger partial charge in [0.05, 0.1) is 27.8 Å². The molecule has 0 unspecified atom stereocenters. The molecule has 0 aliphatic carbocycles. The monoisotopic (exact) mass is 741 g/mol. The lowest BCUT2D eigenvalue weighted by molar-refractivity contribution is 0.669. The maximum Gasteiger partial charge on any atom is 0.135 e. The van der Waals surface area contributed by atoms with E-state index >= 15 is 0 Å². The van der Waals surface area contributed by atoms with Gasteiger partial charge in [-0.3, -0.25) is 0 Å². The van der Waals surface area contributed by atoms with Crippen molar-refractivity contribution in [2.24, 2.45) is 0 Å². The van der Waals surface area contributed by atoms with Crippen molar-refractivity contribution in [3.05, 3.63) is 212 Å². The van der Waals surface area contributed by atoms with E-state index in [0.717, 1.165) is 61.5 Å². The van der Waals surface area contributed by atoms with Crippen molar-refractivity contribution in [1.29, 1.82) is 0 Å². The fourth-order valence-electron chi connectivity index (χ4n) is 9.13. The summed E-state index contributed by atoms with van der Waals surface area (Å²) >= 11 is 0. The minimum Gasteiger partial charge on any atom is -0.456 e. The summed E-state index contributed by atoms with van der Waals surface area (Å²) in [5.41, 5.74) is 14.4. The lowest BCUT2D eigenvalue weighted by atomic mass is 10.0. The molecule has 0 aliphatic rings. The summed E-state index contributed by atoms with van der Waals surface area (Å²) in [5.74, 6) is 0. The van der Waals surface area contributed by atoms with Crippen molar-refractivity contribution < 1.29 is 4.42 Å². The highest BCUT2D eigenvalue weighted by Crippen LogP contribution is 2.45. The molecule has 0 spiro atoms. The summed E-state index contributed by atoms with van der Waals surface area (Å²) < 4.78 is 11.1. The zero-order chi connectivity index (χ0) is 38.2. The first kappa shape index (κ1) is 32.4. The molecule has 58 heavy (non-hydrogen) atoms. The van der Waals surface area contributed by atoms with Gasteiger partial charge in [-0.2, -0.15) is 0 Å². The summed E-state index contributed by atoms with van der Waals surface area (Å²) in [5, 5.41) is 7.10. The standard InChI is InChI=1S/C54H35N3O/c1-3-14-38(15-4-1)56-48-22-11-8-20-45(48)54-49(23-13-24-50(54)56)55(41-31-33-53-46(35-41)44-19-9-12-25-52(44)58-53)40-29-26-36(27-30-40)37-28-32-43-42-18-7-10-21-47(42)57(51(43)34-37)39-16-5-2-6-17-39/h1-35H. The first-order valence-electron chi connectivity index (χ1n) is 19.8. The Morgan fingerprint density at radius 3 is 1.64 bits per heavy atom. The van der Waals surface area contributed by atoms with Crippen molar-refractivity contribution >= 4 is 82.6 Å². The molecule has 0 fully saturated rings. The maximum atomic E-state index is 6.31. The Labute approximate surface area is 334 Å². The molecule has 3 aromatic heterocycles. The Balaban J connectivity index is 1.06. The molecule has 0 amide bonds. The summed E-state index contributed by atoms with van der Waals surface area (Å²) in [6.45, 7) is 0. The quantitative estimate of drug-likeness (QED) is 0.170. The number of nitrogens with zero attached hydrogens (tertiary/aromatic N) is 3. The van der Waals surface area contributed by atoms with Gasteiger partial charge in [0.15, 0.2) is 0 Å². The molecule has 12 rings (SSSR count). The Hall–Kier alpha value is -7.82. The Morgan fingerprint density at radius 1 is 0.328 bits per heavy atom. The van der Waals surface area contributed by atoms with E-state index in [1.807, 2.05) is 12.1 Å². The zero-order valence-corrected chi connectivity index (χ0v) is 31.5. The van der Waals surface area contributed by atoms with Gasteiger partial charge in [-0.05, 0) is 102 Å². The van der Waals surface area contributed by atoms with E-state index in [4.69, 9.17) is 4.42 Å². The highest BCUT2D eigenvalue weighted by atomic mass is 16.3. The number of benzene rings is 9. The van der Waals surface area contributed by atoms with Gasteiger partial charge in [0, 0.05) is 55.1 Å². The third kappa shape index (κ3) is 4.95. The van der Waals surface area contributed by atoms with Gasteiger partial charge in [-0.25, -0.2) is 0 Å². The van der Waals surface area contributed by atoms with E-state index in [9.17, 15) is 0 Å². The number of anilines is 3. The van der Waals surface area contributed by atoms with E-state index in [2.05, 4.69) is 214 Å². The summed E-state index contributed by atoms with van der Waals surface area (Å²) in [7, 11) is 0. The number of para-hydroxylation sites is 5. The van der Waals surface area contributed by atoms with E-state index < -0.39 is 0 Å². The molecule has 12 aromatic rings. The molecule has 3 heterocycles. The van der Waals surface area contributed by atoms with Crippen LogP contribution in [0.15, 0.2) is 217 Å². The van der Waals surface area contributed by atoms with E-state index in [1.165, 1.54) is 43.7 Å². The minimum absolute atomic E-state index is 0.877. The van der Waals surface area contributed by atoms with E-state index in [1.54, 1.807) is 0 Å². The summed E-state index contributed by atoms with van der Waals surface area (Å²) in [4.78, 5) is 2.41. The van der Waals surface area contributed by atoms with Crippen LogP contribution in [0, 0.1) is 0 Å². The van der Waals surface area contributed by atoms with Crippen LogP contribution in [0.3, 0.4) is 0 Å². The van der Waals surface area contributed by atoms with Crippen LogP contribution in [-0.2, 0) is 0 Å². The Kier molecular flexibility index (Phi) is 7.20. The van der Waals surface area contributed by atoms with Crippen LogP contribution in [0.25, 0.3) is 88.1 Å². The lowest BCUT2D eigenvalue weighted by Gasteiger charge is -2.27. The van der Waals surface area contributed by atoms with Crippen molar-refractivity contribution in [2.45, 2.75) is 0 Å². The number of aromatic nitrogens is 2. The van der Waals surface area contributed by atoms with Gasteiger partial charge in [0.1, 0.15) is 11.2 Å². The topological polar surface area (TPSA) is 26.2 Å². The highest BCUT2D eigenvalue weighted by molar-refractivity contribution is 6.17. The zero-order valence-electron chi connectivity index (χ0n) is 31.5. The number of rotatable bonds is 6. The Morgan fingerprint density at radius 2 is 0.879 bits per heavy atom. The van der Waals surface area contributed by atoms with E-state index in [-0.39, 0.29) is 0 Å². The van der Waals surface area contributed by atoms with Crippen LogP contribution in [0.5, 0.6) is 0 Å². The second kappa shape index (κ2) is 12.9. The van der Waals surface area contributed by atoms with Crippen molar-refractivity contribution in [3.63, 3.8) is 0 Å². The van der Waals surface area contributed by atoms with Crippen LogP contribution in [-0.4, -0.2) is 9.13 Å². The van der Waals surface area contributed by atoms with Crippen molar-refractivity contribution in [3.8, 4) is 22.5 Å². The average Bonchev–Trinajstić information content (AvgIpc) is 3.95. The van der Waals surface area contributed by atoms with Crippen LogP contribution in [0.1, 0.15) is 0 Å². The molecule has 0 saturated heterocycles. The second-order valence-electron chi connectivity index (χ2n) is 14.9. The van der Waals surface area contributed by atoms with Crippen molar-refractivity contribution in [2.75, 3.05) is 4.90 Å². The first-order valence-corrected chi connectivity index (χ1v) is 19.8. The van der Waals surface area contributed by atoms with E-state index in [0.29, 0.717) is 0 Å². The van der Waals surface area contributed by atoms with Gasteiger partial charge in [0.2, 0.25) is 0 Å². The predicted molar refractivity (Wildman–Crippen MR) is 243 cm³/mol. The Bertz CT molecular complexity index is 3500. The lowest BCUT2D eigenvalue weighted by Crippen LogP contribution is -2.10. The fourth-order valence-corrected chi connectivity index (χ4v) is 9.13. The first-order chi connectivity index (χ1) is 28.8. The maximum absolute atomic E-state index is 6.31. The molecule has 0 atom stereocenters. The smallest absolute Gasteiger partial charge is 0.135 e. The van der Waals surface area contributed by atoms with Crippen LogP contribution < -0.4 is 4.90 Å². The van der Waals surface area contributed by atoms with Crippen LogP contribution >= 0.6 is 0 Å². The number of fused-ring (bicyclic) bond motifs is 9. The number of hydrogen-bond donors (Lipinski definition) is 0. The normalized spacial score (nSPS) is 11.8. The molecule has 4 heteroatoms. The SMILES string of the molecule is c1ccc(-n2c3ccccc3c3ccc(-c4ccc(N(c5ccc6oc7ccccc7c6c5)c5cccc6c5c5ccccc5n6-c5ccccc5)cc4)cc32)cc1. The minimum atomic E-state index is 0.877. The van der Waals surface area contributed by atoms with Gasteiger partial charge in [0.25, 0.3) is 0 Å². The molecular formula is C54H35N3O. The average molecular weight is 742 g/mol. The van der Waals surface area contributed by atoms with Crippen LogP contribution in [0.4, 0.5) is 17.1 Å². The molecule has 4 nitrogen and oxygen atoms in total. The van der Waals surface area contributed by atoms with Gasteiger partial charge in [-0.15, -0.1) is 0 Å². The van der Waals surface area contributed by atoms with Crippen molar-refractivity contribution in [1.82, 2.24) is 9.13 Å². The summed E-state index contributed by atoms with van der Waals surface area (Å²) in [6.07, 6.45) is 0. The molecule has 0 radical (unpaired) electrons. The molecule has 0 N–H and O–H groups in total. The molecule has 0 aliphatic heterocycles. The van der Waals surface area contributed by atoms with Gasteiger partial charge in [-0.1, -0.05) is 121 Å². The van der Waals surface area contributed by atoms with Gasteiger partial charge >= 0.3 is 0 Å². The number of furan rings is 1. The van der Waals surface area contributed by atoms with Gasteiger partial charge < -0.3 is 18.5 Å². The number of hydrogen-bond acceptors (Lipinski definition) is 2. The predicted octanol–water partition coefficient (Wildman–Crippen LogP) is 14.9. The fraction of sp³-hybridized carbons (Fsp3) is 0. The molecule has 9 aromatic carbocycles. The molecule has 0 bridgehead atoms. The molecule has 0 saturated carbocycles.